The summed E-state index contributed by atoms with van der Waals surface area (Å²) >= 11 is 0. The first kappa shape index (κ1) is 16.8. The zero-order chi connectivity index (χ0) is 15.0. The zero-order valence-electron chi connectivity index (χ0n) is 12.7. The second kappa shape index (κ2) is 8.82. The van der Waals surface area contributed by atoms with E-state index in [2.05, 4.69) is 12.2 Å². The lowest BCUT2D eigenvalue weighted by molar-refractivity contribution is -0.137. The Morgan fingerprint density at radius 3 is 2.75 bits per heavy atom. The van der Waals surface area contributed by atoms with E-state index in [0.717, 1.165) is 31.8 Å². The molecule has 5 nitrogen and oxygen atoms in total. The number of carbonyl (C=O) groups is 2. The summed E-state index contributed by atoms with van der Waals surface area (Å²) in [7, 11) is 0. The van der Waals surface area contributed by atoms with E-state index in [9.17, 15) is 9.59 Å². The highest BCUT2D eigenvalue weighted by molar-refractivity contribution is 5.74. The standard InChI is InChI=1S/C15H28N2O3/c1-3-13-5-4-9-17(10-8-13)15(20)16-11-12(2)6-7-14(18)19/h12-13H,3-11H2,1-2H3,(H,16,20)(H,18,19). The van der Waals surface area contributed by atoms with Crippen LogP contribution in [0.3, 0.4) is 0 Å². The van der Waals surface area contributed by atoms with Crippen molar-refractivity contribution in [3.05, 3.63) is 0 Å². The molecule has 1 fully saturated rings. The first-order valence-electron chi connectivity index (χ1n) is 7.77. The number of urea groups is 1. The van der Waals surface area contributed by atoms with Crippen molar-refractivity contribution in [2.45, 2.75) is 52.4 Å². The van der Waals surface area contributed by atoms with Gasteiger partial charge in [-0.15, -0.1) is 0 Å². The third-order valence-electron chi connectivity index (χ3n) is 4.16. The van der Waals surface area contributed by atoms with Gasteiger partial charge in [0.05, 0.1) is 0 Å². The molecule has 0 aromatic carbocycles. The maximum Gasteiger partial charge on any atom is 0.317 e. The van der Waals surface area contributed by atoms with Crippen LogP contribution in [0.1, 0.15) is 52.4 Å². The average molecular weight is 284 g/mol. The van der Waals surface area contributed by atoms with Gasteiger partial charge < -0.3 is 15.3 Å². The molecule has 1 rings (SSSR count). The lowest BCUT2D eigenvalue weighted by Crippen LogP contribution is -2.42. The Labute approximate surface area is 121 Å². The van der Waals surface area contributed by atoms with Crippen molar-refractivity contribution in [2.24, 2.45) is 11.8 Å². The van der Waals surface area contributed by atoms with Crippen LogP contribution in [-0.4, -0.2) is 41.6 Å². The summed E-state index contributed by atoms with van der Waals surface area (Å²) in [6.45, 7) is 6.42. The van der Waals surface area contributed by atoms with Crippen LogP contribution in [0.25, 0.3) is 0 Å². The van der Waals surface area contributed by atoms with E-state index in [1.807, 2.05) is 11.8 Å². The molecule has 1 heterocycles. The Kier molecular flexibility index (Phi) is 7.41. The van der Waals surface area contributed by atoms with Gasteiger partial charge in [-0.25, -0.2) is 4.79 Å². The quantitative estimate of drug-likeness (QED) is 0.788. The number of aliphatic carboxylic acids is 1. The van der Waals surface area contributed by atoms with Gasteiger partial charge in [0.25, 0.3) is 0 Å². The van der Waals surface area contributed by atoms with Crippen LogP contribution in [0.5, 0.6) is 0 Å². The number of carbonyl (C=O) groups excluding carboxylic acids is 1. The molecular weight excluding hydrogens is 256 g/mol. The van der Waals surface area contributed by atoms with Gasteiger partial charge >= 0.3 is 12.0 Å². The van der Waals surface area contributed by atoms with Crippen molar-refractivity contribution in [1.29, 1.82) is 0 Å². The number of hydrogen-bond donors (Lipinski definition) is 2. The minimum Gasteiger partial charge on any atom is -0.481 e. The van der Waals surface area contributed by atoms with Crippen molar-refractivity contribution in [2.75, 3.05) is 19.6 Å². The van der Waals surface area contributed by atoms with Crippen molar-refractivity contribution in [3.8, 4) is 0 Å². The number of nitrogens with one attached hydrogen (secondary N) is 1. The summed E-state index contributed by atoms with van der Waals surface area (Å²) in [5.41, 5.74) is 0. The Morgan fingerprint density at radius 2 is 2.10 bits per heavy atom. The topological polar surface area (TPSA) is 69.6 Å². The molecule has 1 saturated heterocycles. The van der Waals surface area contributed by atoms with Crippen LogP contribution < -0.4 is 5.32 Å². The maximum absolute atomic E-state index is 12.1. The molecule has 0 radical (unpaired) electrons. The molecule has 1 aliphatic rings. The molecule has 0 aromatic heterocycles. The first-order chi connectivity index (χ1) is 9.52. The number of likely N-dealkylation sites (tertiary alicyclic amines) is 1. The first-order valence-corrected chi connectivity index (χ1v) is 7.77. The van der Waals surface area contributed by atoms with E-state index >= 15 is 0 Å². The molecule has 2 amide bonds. The van der Waals surface area contributed by atoms with E-state index in [1.54, 1.807) is 0 Å². The van der Waals surface area contributed by atoms with Crippen molar-refractivity contribution in [1.82, 2.24) is 10.2 Å². The number of carboxylic acids is 1. The van der Waals surface area contributed by atoms with E-state index in [0.29, 0.717) is 13.0 Å². The Bertz CT molecular complexity index is 320. The predicted molar refractivity (Wildman–Crippen MR) is 78.6 cm³/mol. The lowest BCUT2D eigenvalue weighted by Gasteiger charge is -2.22. The maximum atomic E-state index is 12.1. The smallest absolute Gasteiger partial charge is 0.317 e. The Balaban J connectivity index is 2.26. The van der Waals surface area contributed by atoms with E-state index in [1.165, 1.54) is 12.8 Å². The highest BCUT2D eigenvalue weighted by Gasteiger charge is 2.19. The predicted octanol–water partition coefficient (Wildman–Crippen LogP) is 2.71. The Hall–Kier alpha value is -1.26. The summed E-state index contributed by atoms with van der Waals surface area (Å²) in [5, 5.41) is 11.6. The minimum absolute atomic E-state index is 0.00364. The van der Waals surface area contributed by atoms with Crippen LogP contribution >= 0.6 is 0 Å². The number of nitrogens with zero attached hydrogens (tertiary/aromatic N) is 1. The second-order valence-corrected chi connectivity index (χ2v) is 5.92. The fraction of sp³-hybridized carbons (Fsp3) is 0.867. The van der Waals surface area contributed by atoms with Crippen LogP contribution in [0.4, 0.5) is 4.79 Å². The number of hydrogen-bond acceptors (Lipinski definition) is 2. The van der Waals surface area contributed by atoms with Crippen LogP contribution in [0, 0.1) is 11.8 Å². The largest absolute Gasteiger partial charge is 0.481 e. The summed E-state index contributed by atoms with van der Waals surface area (Å²) in [6.07, 6.45) is 5.36. The van der Waals surface area contributed by atoms with Gasteiger partial charge in [0.2, 0.25) is 0 Å². The van der Waals surface area contributed by atoms with E-state index in [4.69, 9.17) is 5.11 Å². The van der Waals surface area contributed by atoms with Gasteiger partial charge in [-0.2, -0.15) is 0 Å². The third kappa shape index (κ3) is 6.26. The van der Waals surface area contributed by atoms with Gasteiger partial charge in [0.15, 0.2) is 0 Å². The van der Waals surface area contributed by atoms with Crippen LogP contribution in [0.15, 0.2) is 0 Å². The van der Waals surface area contributed by atoms with Crippen LogP contribution in [0.2, 0.25) is 0 Å². The fourth-order valence-electron chi connectivity index (χ4n) is 2.62. The SMILES string of the molecule is CCC1CCCN(C(=O)NCC(C)CCC(=O)O)CC1. The highest BCUT2D eigenvalue weighted by atomic mass is 16.4. The fourth-order valence-corrected chi connectivity index (χ4v) is 2.62. The van der Waals surface area contributed by atoms with Crippen molar-refractivity contribution >= 4 is 12.0 Å². The molecule has 20 heavy (non-hydrogen) atoms. The van der Waals surface area contributed by atoms with E-state index in [-0.39, 0.29) is 18.4 Å². The van der Waals surface area contributed by atoms with Gasteiger partial charge in [0, 0.05) is 26.1 Å². The molecular formula is C15H28N2O3. The molecule has 2 N–H and O–H groups in total. The normalized spacial score (nSPS) is 21.1. The molecule has 5 heteroatoms. The number of carboxylic acid groups (broad SMARTS) is 1. The summed E-state index contributed by atoms with van der Waals surface area (Å²) in [5.74, 6) is 0.175. The summed E-state index contributed by atoms with van der Waals surface area (Å²) in [6, 6.07) is 0.00364. The van der Waals surface area contributed by atoms with Crippen LogP contribution in [-0.2, 0) is 4.79 Å². The van der Waals surface area contributed by atoms with E-state index < -0.39 is 5.97 Å². The van der Waals surface area contributed by atoms with Gasteiger partial charge in [-0.05, 0) is 37.5 Å². The minimum atomic E-state index is -0.777. The van der Waals surface area contributed by atoms with Gasteiger partial charge in [0.1, 0.15) is 0 Å². The molecule has 0 aliphatic carbocycles. The molecule has 2 unspecified atom stereocenters. The molecule has 1 aliphatic heterocycles. The third-order valence-corrected chi connectivity index (χ3v) is 4.16. The molecule has 0 aromatic rings. The number of amides is 2. The summed E-state index contributed by atoms with van der Waals surface area (Å²) < 4.78 is 0. The Morgan fingerprint density at radius 1 is 1.35 bits per heavy atom. The van der Waals surface area contributed by atoms with Crippen molar-refractivity contribution < 1.29 is 14.7 Å². The van der Waals surface area contributed by atoms with Gasteiger partial charge in [-0.3, -0.25) is 4.79 Å². The lowest BCUT2D eigenvalue weighted by atomic mass is 9.98. The summed E-state index contributed by atoms with van der Waals surface area (Å²) in [4.78, 5) is 24.5. The molecule has 116 valence electrons. The monoisotopic (exact) mass is 284 g/mol. The molecule has 0 bridgehead atoms. The number of rotatable bonds is 6. The van der Waals surface area contributed by atoms with Crippen molar-refractivity contribution in [3.63, 3.8) is 0 Å². The average Bonchev–Trinajstić information content (AvgIpc) is 2.67. The molecule has 2 atom stereocenters. The second-order valence-electron chi connectivity index (χ2n) is 5.92. The zero-order valence-corrected chi connectivity index (χ0v) is 12.7. The molecule has 0 spiro atoms. The highest BCUT2D eigenvalue weighted by Crippen LogP contribution is 2.20. The van der Waals surface area contributed by atoms with Gasteiger partial charge in [-0.1, -0.05) is 20.3 Å². The molecule has 0 saturated carbocycles.